The normalized spacial score (nSPS) is 16.6. The summed E-state index contributed by atoms with van der Waals surface area (Å²) in [6.07, 6.45) is 2.39. The number of benzene rings is 2. The average Bonchev–Trinajstić information content (AvgIpc) is 3.55. The number of carbonyl (C=O) groups is 3. The van der Waals surface area contributed by atoms with Crippen LogP contribution in [0.2, 0.25) is 0 Å². The Morgan fingerprint density at radius 2 is 1.83 bits per heavy atom. The molecule has 6 nitrogen and oxygen atoms in total. The third-order valence-electron chi connectivity index (χ3n) is 5.48. The summed E-state index contributed by atoms with van der Waals surface area (Å²) in [5.74, 6) is -0.115. The Bertz CT molecular complexity index is 935. The van der Waals surface area contributed by atoms with E-state index in [1.807, 2.05) is 19.1 Å². The third-order valence-corrected chi connectivity index (χ3v) is 5.48. The Kier molecular flexibility index (Phi) is 5.34. The number of anilines is 2. The van der Waals surface area contributed by atoms with E-state index in [1.54, 1.807) is 12.1 Å². The zero-order valence-electron chi connectivity index (χ0n) is 16.5. The van der Waals surface area contributed by atoms with Crippen LogP contribution < -0.4 is 15.5 Å². The number of nitrogens with zero attached hydrogens (tertiary/aromatic N) is 1. The fourth-order valence-corrected chi connectivity index (χ4v) is 3.73. The maximum Gasteiger partial charge on any atom is 0.244 e. The highest BCUT2D eigenvalue weighted by atomic mass is 16.2. The van der Waals surface area contributed by atoms with Crippen molar-refractivity contribution in [3.05, 3.63) is 59.7 Å². The lowest BCUT2D eigenvalue weighted by molar-refractivity contribution is -0.126. The summed E-state index contributed by atoms with van der Waals surface area (Å²) in [5, 5.41) is 5.88. The number of hydrogen-bond acceptors (Lipinski definition) is 3. The number of carbonyl (C=O) groups excluding carboxylic acids is 3. The van der Waals surface area contributed by atoms with Gasteiger partial charge in [0.2, 0.25) is 17.7 Å². The molecule has 2 N–H and O–H groups in total. The number of amides is 3. The van der Waals surface area contributed by atoms with Gasteiger partial charge in [0.05, 0.1) is 17.4 Å². The van der Waals surface area contributed by atoms with Gasteiger partial charge in [0.15, 0.2) is 0 Å². The molecule has 2 aromatic carbocycles. The van der Waals surface area contributed by atoms with Gasteiger partial charge in [-0.25, -0.2) is 0 Å². The molecule has 4 rings (SSSR count). The van der Waals surface area contributed by atoms with Gasteiger partial charge in [0.1, 0.15) is 6.54 Å². The van der Waals surface area contributed by atoms with Crippen LogP contribution >= 0.6 is 0 Å². The second-order valence-electron chi connectivity index (χ2n) is 7.84. The third kappa shape index (κ3) is 4.47. The summed E-state index contributed by atoms with van der Waals surface area (Å²) >= 11 is 0. The van der Waals surface area contributed by atoms with Crippen LogP contribution in [0.25, 0.3) is 0 Å². The molecule has 0 saturated heterocycles. The summed E-state index contributed by atoms with van der Waals surface area (Å²) in [6, 6.07) is 15.4. The van der Waals surface area contributed by atoms with Gasteiger partial charge in [-0.3, -0.25) is 14.4 Å². The van der Waals surface area contributed by atoms with Crippen molar-refractivity contribution in [2.45, 2.75) is 38.6 Å². The van der Waals surface area contributed by atoms with Gasteiger partial charge in [0.25, 0.3) is 0 Å². The Morgan fingerprint density at radius 3 is 2.55 bits per heavy atom. The van der Waals surface area contributed by atoms with Gasteiger partial charge in [0, 0.05) is 12.8 Å². The van der Waals surface area contributed by atoms with Crippen LogP contribution in [-0.2, 0) is 14.4 Å². The van der Waals surface area contributed by atoms with Crippen LogP contribution in [0.3, 0.4) is 0 Å². The van der Waals surface area contributed by atoms with E-state index in [0.717, 1.165) is 18.4 Å². The first-order valence-electron chi connectivity index (χ1n) is 10.1. The molecule has 0 radical (unpaired) electrons. The quantitative estimate of drug-likeness (QED) is 0.793. The van der Waals surface area contributed by atoms with E-state index >= 15 is 0 Å². The largest absolute Gasteiger partial charge is 0.349 e. The van der Waals surface area contributed by atoms with Gasteiger partial charge in [-0.05, 0) is 43.4 Å². The molecule has 0 bridgehead atoms. The average molecular weight is 391 g/mol. The zero-order chi connectivity index (χ0) is 20.4. The van der Waals surface area contributed by atoms with Crippen molar-refractivity contribution in [1.29, 1.82) is 0 Å². The molecule has 150 valence electrons. The highest BCUT2D eigenvalue weighted by Gasteiger charge is 2.33. The molecule has 2 aromatic rings. The van der Waals surface area contributed by atoms with E-state index in [2.05, 4.69) is 34.9 Å². The van der Waals surface area contributed by atoms with Crippen molar-refractivity contribution in [3.63, 3.8) is 0 Å². The first-order chi connectivity index (χ1) is 14.0. The fraction of sp³-hybridized carbons (Fsp3) is 0.348. The summed E-state index contributed by atoms with van der Waals surface area (Å²) in [7, 11) is 0. The highest BCUT2D eigenvalue weighted by Crippen LogP contribution is 2.41. The van der Waals surface area contributed by atoms with Crippen molar-refractivity contribution in [3.8, 4) is 0 Å². The minimum atomic E-state index is -0.227. The molecule has 1 heterocycles. The van der Waals surface area contributed by atoms with Crippen molar-refractivity contribution < 1.29 is 14.4 Å². The Labute approximate surface area is 170 Å². The minimum Gasteiger partial charge on any atom is -0.349 e. The topological polar surface area (TPSA) is 78.5 Å². The molecule has 1 aliphatic heterocycles. The zero-order valence-corrected chi connectivity index (χ0v) is 16.5. The van der Waals surface area contributed by atoms with Crippen LogP contribution in [0.4, 0.5) is 11.4 Å². The predicted octanol–water partition coefficient (Wildman–Crippen LogP) is 3.33. The first kappa shape index (κ1) is 19.2. The van der Waals surface area contributed by atoms with E-state index in [1.165, 1.54) is 10.5 Å². The maximum atomic E-state index is 12.7. The molecular formula is C23H25N3O3. The first-order valence-corrected chi connectivity index (χ1v) is 10.1. The van der Waals surface area contributed by atoms with Crippen molar-refractivity contribution >= 4 is 29.1 Å². The number of para-hydroxylation sites is 2. The van der Waals surface area contributed by atoms with E-state index in [9.17, 15) is 14.4 Å². The second kappa shape index (κ2) is 8.07. The van der Waals surface area contributed by atoms with Gasteiger partial charge >= 0.3 is 0 Å². The molecule has 0 aromatic heterocycles. The summed E-state index contributed by atoms with van der Waals surface area (Å²) < 4.78 is 0. The molecule has 1 saturated carbocycles. The minimum absolute atomic E-state index is 0.000285. The van der Waals surface area contributed by atoms with Crippen molar-refractivity contribution in [2.24, 2.45) is 5.92 Å². The number of nitrogens with one attached hydrogen (secondary N) is 2. The summed E-state index contributed by atoms with van der Waals surface area (Å²) in [5.41, 5.74) is 3.59. The maximum absolute atomic E-state index is 12.7. The van der Waals surface area contributed by atoms with Crippen molar-refractivity contribution in [2.75, 3.05) is 16.8 Å². The SMILES string of the molecule is Cc1ccc(C(NC(=O)CCC(=O)N2CC(=O)Nc3ccccc32)C2CC2)cc1. The lowest BCUT2D eigenvalue weighted by Crippen LogP contribution is -2.42. The molecule has 2 aliphatic rings. The Morgan fingerprint density at radius 1 is 1.10 bits per heavy atom. The van der Waals surface area contributed by atoms with E-state index in [-0.39, 0.29) is 43.1 Å². The van der Waals surface area contributed by atoms with Gasteiger partial charge in [-0.15, -0.1) is 0 Å². The molecule has 0 spiro atoms. The molecular weight excluding hydrogens is 366 g/mol. The van der Waals surface area contributed by atoms with E-state index in [4.69, 9.17) is 0 Å². The smallest absolute Gasteiger partial charge is 0.244 e. The molecule has 1 atom stereocenters. The molecule has 1 aliphatic carbocycles. The standard InChI is InChI=1S/C23H25N3O3/c1-15-6-8-16(9-7-15)23(17-10-11-17)25-20(27)12-13-22(29)26-14-21(28)24-18-4-2-3-5-19(18)26/h2-9,17,23H,10-14H2,1H3,(H,24,28)(H,25,27). The fourth-order valence-electron chi connectivity index (χ4n) is 3.73. The number of fused-ring (bicyclic) bond motifs is 1. The molecule has 1 fully saturated rings. The van der Waals surface area contributed by atoms with Crippen molar-refractivity contribution in [1.82, 2.24) is 5.32 Å². The number of rotatable bonds is 6. The predicted molar refractivity (Wildman–Crippen MR) is 111 cm³/mol. The van der Waals surface area contributed by atoms with Crippen LogP contribution in [-0.4, -0.2) is 24.3 Å². The van der Waals surface area contributed by atoms with Gasteiger partial charge in [-0.2, -0.15) is 0 Å². The highest BCUT2D eigenvalue weighted by molar-refractivity contribution is 6.10. The van der Waals surface area contributed by atoms with Crippen LogP contribution in [0, 0.1) is 12.8 Å². The number of hydrogen-bond donors (Lipinski definition) is 2. The van der Waals surface area contributed by atoms with Gasteiger partial charge in [-0.1, -0.05) is 42.0 Å². The van der Waals surface area contributed by atoms with E-state index in [0.29, 0.717) is 17.3 Å². The lowest BCUT2D eigenvalue weighted by Gasteiger charge is -2.29. The molecule has 1 unspecified atom stereocenters. The van der Waals surface area contributed by atoms with E-state index < -0.39 is 0 Å². The molecule has 29 heavy (non-hydrogen) atoms. The lowest BCUT2D eigenvalue weighted by atomic mass is 10.0. The second-order valence-corrected chi connectivity index (χ2v) is 7.84. The Hall–Kier alpha value is -3.15. The van der Waals surface area contributed by atoms with Gasteiger partial charge < -0.3 is 15.5 Å². The number of aryl methyl sites for hydroxylation is 1. The molecule has 6 heteroatoms. The monoisotopic (exact) mass is 391 g/mol. The molecule has 3 amide bonds. The summed E-state index contributed by atoms with van der Waals surface area (Å²) in [4.78, 5) is 38.6. The van der Waals surface area contributed by atoms with Crippen LogP contribution in [0.1, 0.15) is 42.9 Å². The Balaban J connectivity index is 1.37. The van der Waals surface area contributed by atoms with Crippen LogP contribution in [0.15, 0.2) is 48.5 Å². The van der Waals surface area contributed by atoms with Crippen LogP contribution in [0.5, 0.6) is 0 Å². The summed E-state index contributed by atoms with van der Waals surface area (Å²) in [6.45, 7) is 2.02.